The van der Waals surface area contributed by atoms with Gasteiger partial charge in [0.05, 0.1) is 18.9 Å². The number of hydrazone groups is 1. The SMILES string of the molecule is Cc1cc(C2=NNC(=O)CC2C)cc(C)c1OCC(C)(C)CO. The Hall–Kier alpha value is -1.88. The van der Waals surface area contributed by atoms with Crippen molar-refractivity contribution in [3.63, 3.8) is 0 Å². The number of aryl methyl sites for hydroxylation is 2. The van der Waals surface area contributed by atoms with Crippen molar-refractivity contribution in [2.24, 2.45) is 16.4 Å². The number of nitrogens with zero attached hydrogens (tertiary/aromatic N) is 1. The highest BCUT2D eigenvalue weighted by Gasteiger charge is 2.23. The van der Waals surface area contributed by atoms with Crippen LogP contribution in [0.2, 0.25) is 0 Å². The molecule has 5 heteroatoms. The quantitative estimate of drug-likeness (QED) is 0.876. The molecular weight excluding hydrogens is 292 g/mol. The first-order chi connectivity index (χ1) is 10.7. The van der Waals surface area contributed by atoms with E-state index in [4.69, 9.17) is 4.74 Å². The number of aliphatic hydroxyl groups is 1. The summed E-state index contributed by atoms with van der Waals surface area (Å²) in [6.45, 7) is 10.5. The molecular formula is C18H26N2O3. The number of aliphatic hydroxyl groups excluding tert-OH is 1. The van der Waals surface area contributed by atoms with Crippen molar-refractivity contribution in [1.82, 2.24) is 5.43 Å². The summed E-state index contributed by atoms with van der Waals surface area (Å²) < 4.78 is 5.94. The number of amides is 1. The van der Waals surface area contributed by atoms with Crippen LogP contribution in [0.1, 0.15) is 43.9 Å². The summed E-state index contributed by atoms with van der Waals surface area (Å²) >= 11 is 0. The van der Waals surface area contributed by atoms with Crippen molar-refractivity contribution < 1.29 is 14.6 Å². The van der Waals surface area contributed by atoms with Crippen LogP contribution in [0.5, 0.6) is 5.75 Å². The number of carbonyl (C=O) groups excluding carboxylic acids is 1. The van der Waals surface area contributed by atoms with Crippen LogP contribution in [-0.4, -0.2) is 29.9 Å². The third-order valence-electron chi connectivity index (χ3n) is 4.05. The largest absolute Gasteiger partial charge is 0.492 e. The molecule has 1 heterocycles. The monoisotopic (exact) mass is 318 g/mol. The van der Waals surface area contributed by atoms with Gasteiger partial charge in [0.2, 0.25) is 5.91 Å². The molecule has 0 bridgehead atoms. The molecule has 1 aliphatic heterocycles. The van der Waals surface area contributed by atoms with Gasteiger partial charge in [0.15, 0.2) is 0 Å². The Bertz CT molecular complexity index is 612. The first-order valence-electron chi connectivity index (χ1n) is 7.95. The molecule has 0 saturated heterocycles. The molecule has 126 valence electrons. The second kappa shape index (κ2) is 6.71. The number of hydrogen-bond donors (Lipinski definition) is 2. The number of rotatable bonds is 5. The molecule has 0 saturated carbocycles. The van der Waals surface area contributed by atoms with Crippen molar-refractivity contribution in [2.75, 3.05) is 13.2 Å². The fraction of sp³-hybridized carbons (Fsp3) is 0.556. The highest BCUT2D eigenvalue weighted by molar-refractivity contribution is 6.06. The average Bonchev–Trinajstić information content (AvgIpc) is 2.46. The molecule has 1 amide bonds. The molecule has 0 aromatic heterocycles. The topological polar surface area (TPSA) is 70.9 Å². The number of ether oxygens (including phenoxy) is 1. The Morgan fingerprint density at radius 3 is 2.48 bits per heavy atom. The van der Waals surface area contributed by atoms with Crippen LogP contribution < -0.4 is 10.2 Å². The molecule has 0 radical (unpaired) electrons. The molecule has 5 nitrogen and oxygen atoms in total. The zero-order valence-electron chi connectivity index (χ0n) is 14.6. The first-order valence-corrected chi connectivity index (χ1v) is 7.95. The zero-order chi connectivity index (χ0) is 17.2. The number of hydrogen-bond acceptors (Lipinski definition) is 4. The minimum absolute atomic E-state index is 0.0408. The molecule has 2 N–H and O–H groups in total. The van der Waals surface area contributed by atoms with Gasteiger partial charge < -0.3 is 9.84 Å². The van der Waals surface area contributed by atoms with Crippen LogP contribution in [0.25, 0.3) is 0 Å². The molecule has 0 spiro atoms. The summed E-state index contributed by atoms with van der Waals surface area (Å²) in [5, 5.41) is 13.6. The minimum Gasteiger partial charge on any atom is -0.492 e. The van der Waals surface area contributed by atoms with E-state index < -0.39 is 0 Å². The van der Waals surface area contributed by atoms with E-state index in [0.717, 1.165) is 28.2 Å². The molecule has 1 unspecified atom stereocenters. The molecule has 23 heavy (non-hydrogen) atoms. The van der Waals surface area contributed by atoms with Gasteiger partial charge in [-0.15, -0.1) is 0 Å². The maximum Gasteiger partial charge on any atom is 0.240 e. The molecule has 1 aromatic rings. The van der Waals surface area contributed by atoms with E-state index in [9.17, 15) is 9.90 Å². The van der Waals surface area contributed by atoms with Crippen LogP contribution in [0.3, 0.4) is 0 Å². The average molecular weight is 318 g/mol. The van der Waals surface area contributed by atoms with Crippen molar-refractivity contribution in [3.8, 4) is 5.75 Å². The first kappa shape index (κ1) is 17.5. The second-order valence-corrected chi connectivity index (χ2v) is 7.19. The van der Waals surface area contributed by atoms with Gasteiger partial charge in [0.25, 0.3) is 0 Å². The van der Waals surface area contributed by atoms with Crippen LogP contribution in [0, 0.1) is 25.2 Å². The van der Waals surface area contributed by atoms with E-state index in [1.807, 2.05) is 46.8 Å². The summed E-state index contributed by atoms with van der Waals surface area (Å²) in [4.78, 5) is 11.4. The predicted octanol–water partition coefficient (Wildman–Crippen LogP) is 2.56. The summed E-state index contributed by atoms with van der Waals surface area (Å²) in [6, 6.07) is 4.09. The lowest BCUT2D eigenvalue weighted by Gasteiger charge is -2.24. The number of benzene rings is 1. The van der Waals surface area contributed by atoms with Gasteiger partial charge in [-0.2, -0.15) is 5.10 Å². The third kappa shape index (κ3) is 4.10. The van der Waals surface area contributed by atoms with Crippen molar-refractivity contribution >= 4 is 11.6 Å². The van der Waals surface area contributed by atoms with Crippen molar-refractivity contribution in [3.05, 3.63) is 28.8 Å². The van der Waals surface area contributed by atoms with E-state index in [-0.39, 0.29) is 23.8 Å². The maximum atomic E-state index is 11.4. The van der Waals surface area contributed by atoms with Gasteiger partial charge in [-0.3, -0.25) is 4.79 Å². The highest BCUT2D eigenvalue weighted by Crippen LogP contribution is 2.29. The Morgan fingerprint density at radius 1 is 1.35 bits per heavy atom. The van der Waals surface area contributed by atoms with Gasteiger partial charge in [0.1, 0.15) is 5.75 Å². The third-order valence-corrected chi connectivity index (χ3v) is 4.05. The standard InChI is InChI=1S/C18H26N2O3/c1-11-8-15(22)19-20-16(11)14-6-12(2)17(13(3)7-14)23-10-18(4,5)9-21/h6-7,11,21H,8-10H2,1-5H3,(H,19,22). The second-order valence-electron chi connectivity index (χ2n) is 7.19. The Balaban J connectivity index is 2.25. The summed E-state index contributed by atoms with van der Waals surface area (Å²) in [7, 11) is 0. The minimum atomic E-state index is -0.274. The van der Waals surface area contributed by atoms with E-state index in [1.54, 1.807) is 0 Å². The summed E-state index contributed by atoms with van der Waals surface area (Å²) in [6.07, 6.45) is 0.458. The normalized spacial score (nSPS) is 18.4. The molecule has 1 aromatic carbocycles. The molecule has 1 aliphatic rings. The zero-order valence-corrected chi connectivity index (χ0v) is 14.6. The van der Waals surface area contributed by atoms with Gasteiger partial charge in [0, 0.05) is 17.8 Å². The van der Waals surface area contributed by atoms with E-state index in [1.165, 1.54) is 0 Å². The van der Waals surface area contributed by atoms with Gasteiger partial charge in [-0.25, -0.2) is 5.43 Å². The summed E-state index contributed by atoms with van der Waals surface area (Å²) in [5.41, 5.74) is 6.26. The smallest absolute Gasteiger partial charge is 0.240 e. The fourth-order valence-corrected chi connectivity index (χ4v) is 2.64. The Morgan fingerprint density at radius 2 is 1.96 bits per heavy atom. The predicted molar refractivity (Wildman–Crippen MR) is 90.7 cm³/mol. The Kier molecular flexibility index (Phi) is 5.09. The van der Waals surface area contributed by atoms with E-state index in [2.05, 4.69) is 10.5 Å². The van der Waals surface area contributed by atoms with Gasteiger partial charge in [-0.1, -0.05) is 20.8 Å². The number of carbonyl (C=O) groups is 1. The molecule has 0 aliphatic carbocycles. The lowest BCUT2D eigenvalue weighted by Crippen LogP contribution is -2.32. The lowest BCUT2D eigenvalue weighted by atomic mass is 9.91. The maximum absolute atomic E-state index is 11.4. The van der Waals surface area contributed by atoms with Crippen LogP contribution in [-0.2, 0) is 4.79 Å². The van der Waals surface area contributed by atoms with Gasteiger partial charge in [-0.05, 0) is 42.7 Å². The van der Waals surface area contributed by atoms with Crippen LogP contribution in [0.4, 0.5) is 0 Å². The highest BCUT2D eigenvalue weighted by atomic mass is 16.5. The van der Waals surface area contributed by atoms with Crippen molar-refractivity contribution in [1.29, 1.82) is 0 Å². The fourth-order valence-electron chi connectivity index (χ4n) is 2.64. The molecule has 0 fully saturated rings. The van der Waals surface area contributed by atoms with Crippen LogP contribution >= 0.6 is 0 Å². The number of nitrogens with one attached hydrogen (secondary N) is 1. The molecule has 2 rings (SSSR count). The van der Waals surface area contributed by atoms with Crippen molar-refractivity contribution in [2.45, 2.75) is 41.0 Å². The van der Waals surface area contributed by atoms with Crippen LogP contribution in [0.15, 0.2) is 17.2 Å². The molecule has 1 atom stereocenters. The van der Waals surface area contributed by atoms with Gasteiger partial charge >= 0.3 is 0 Å². The lowest BCUT2D eigenvalue weighted by molar-refractivity contribution is -0.121. The van der Waals surface area contributed by atoms with E-state index >= 15 is 0 Å². The Labute approximate surface area is 137 Å². The summed E-state index contributed by atoms with van der Waals surface area (Å²) in [5.74, 6) is 0.909. The van der Waals surface area contributed by atoms with E-state index in [0.29, 0.717) is 13.0 Å².